The molecular formula is C20H19N3O2. The lowest BCUT2D eigenvalue weighted by molar-refractivity contribution is 0.0901. The van der Waals surface area contributed by atoms with Gasteiger partial charge in [-0.1, -0.05) is 42.5 Å². The molecule has 3 rings (SSSR count). The van der Waals surface area contributed by atoms with E-state index in [0.29, 0.717) is 13.1 Å². The van der Waals surface area contributed by atoms with Crippen molar-refractivity contribution in [3.8, 4) is 0 Å². The molecule has 5 heteroatoms. The Bertz CT molecular complexity index is 738. The number of ether oxygens (including phenoxy) is 1. The summed E-state index contributed by atoms with van der Waals surface area (Å²) in [4.78, 5) is 22.8. The Morgan fingerprint density at radius 3 is 1.88 bits per heavy atom. The number of pyridine rings is 2. The van der Waals surface area contributed by atoms with Crippen LogP contribution < -0.4 is 0 Å². The number of carbonyl (C=O) groups excluding carboxylic acids is 1. The fourth-order valence-corrected chi connectivity index (χ4v) is 2.37. The van der Waals surface area contributed by atoms with E-state index in [-0.39, 0.29) is 12.7 Å². The zero-order valence-corrected chi connectivity index (χ0v) is 13.8. The molecule has 126 valence electrons. The number of benzene rings is 1. The van der Waals surface area contributed by atoms with E-state index in [2.05, 4.69) is 9.97 Å². The maximum absolute atomic E-state index is 12.6. The molecule has 0 atom stereocenters. The van der Waals surface area contributed by atoms with Crippen LogP contribution in [0, 0.1) is 0 Å². The molecule has 0 aliphatic heterocycles. The monoisotopic (exact) mass is 333 g/mol. The van der Waals surface area contributed by atoms with Gasteiger partial charge in [0.1, 0.15) is 6.61 Å². The third-order valence-corrected chi connectivity index (χ3v) is 3.62. The van der Waals surface area contributed by atoms with Gasteiger partial charge in [0.25, 0.3) is 0 Å². The molecule has 1 aromatic carbocycles. The highest BCUT2D eigenvalue weighted by atomic mass is 16.6. The van der Waals surface area contributed by atoms with Gasteiger partial charge in [0.05, 0.1) is 24.5 Å². The summed E-state index contributed by atoms with van der Waals surface area (Å²) in [7, 11) is 0. The molecular weight excluding hydrogens is 314 g/mol. The zero-order valence-electron chi connectivity index (χ0n) is 13.8. The number of hydrogen-bond acceptors (Lipinski definition) is 4. The van der Waals surface area contributed by atoms with Crippen molar-refractivity contribution in [2.45, 2.75) is 19.7 Å². The molecule has 0 unspecified atom stereocenters. The van der Waals surface area contributed by atoms with Gasteiger partial charge >= 0.3 is 6.09 Å². The molecule has 3 aromatic rings. The second-order valence-corrected chi connectivity index (χ2v) is 5.54. The van der Waals surface area contributed by atoms with Gasteiger partial charge in [-0.15, -0.1) is 0 Å². The van der Waals surface area contributed by atoms with E-state index in [1.165, 1.54) is 0 Å². The molecule has 2 aromatic heterocycles. The molecule has 0 fully saturated rings. The Balaban J connectivity index is 1.69. The fraction of sp³-hybridized carbons (Fsp3) is 0.150. The normalized spacial score (nSPS) is 10.2. The summed E-state index contributed by atoms with van der Waals surface area (Å²) in [6.45, 7) is 0.969. The van der Waals surface area contributed by atoms with Gasteiger partial charge in [0.2, 0.25) is 0 Å². The third-order valence-electron chi connectivity index (χ3n) is 3.62. The van der Waals surface area contributed by atoms with Crippen LogP contribution in [-0.4, -0.2) is 21.0 Å². The van der Waals surface area contributed by atoms with Crippen molar-refractivity contribution in [3.63, 3.8) is 0 Å². The molecule has 5 nitrogen and oxygen atoms in total. The average molecular weight is 333 g/mol. The zero-order chi connectivity index (χ0) is 17.3. The van der Waals surface area contributed by atoms with Crippen molar-refractivity contribution >= 4 is 6.09 Å². The Morgan fingerprint density at radius 1 is 0.800 bits per heavy atom. The quantitative estimate of drug-likeness (QED) is 0.688. The average Bonchev–Trinajstić information content (AvgIpc) is 2.68. The summed E-state index contributed by atoms with van der Waals surface area (Å²) < 4.78 is 5.47. The predicted molar refractivity (Wildman–Crippen MR) is 94.3 cm³/mol. The summed E-state index contributed by atoms with van der Waals surface area (Å²) >= 11 is 0. The number of carbonyl (C=O) groups is 1. The van der Waals surface area contributed by atoms with E-state index < -0.39 is 0 Å². The van der Waals surface area contributed by atoms with Gasteiger partial charge in [0.15, 0.2) is 0 Å². The van der Waals surface area contributed by atoms with E-state index in [1.807, 2.05) is 66.7 Å². The van der Waals surface area contributed by atoms with Gasteiger partial charge in [-0.3, -0.25) is 14.9 Å². The summed E-state index contributed by atoms with van der Waals surface area (Å²) in [5.74, 6) is 0. The Hall–Kier alpha value is -3.21. The summed E-state index contributed by atoms with van der Waals surface area (Å²) in [5.41, 5.74) is 2.55. The third kappa shape index (κ3) is 5.14. The lowest BCUT2D eigenvalue weighted by atomic mass is 10.2. The van der Waals surface area contributed by atoms with E-state index in [1.54, 1.807) is 17.3 Å². The van der Waals surface area contributed by atoms with Gasteiger partial charge in [-0.25, -0.2) is 4.79 Å². The molecule has 0 spiro atoms. The van der Waals surface area contributed by atoms with Crippen molar-refractivity contribution in [1.29, 1.82) is 0 Å². The minimum atomic E-state index is -0.389. The van der Waals surface area contributed by atoms with Gasteiger partial charge in [-0.05, 0) is 29.8 Å². The van der Waals surface area contributed by atoms with E-state index in [0.717, 1.165) is 17.0 Å². The second kappa shape index (κ2) is 8.59. The molecule has 0 bridgehead atoms. The Kier molecular flexibility index (Phi) is 5.72. The Labute approximate surface area is 146 Å². The van der Waals surface area contributed by atoms with Crippen LogP contribution in [0.15, 0.2) is 79.1 Å². The molecule has 0 aliphatic carbocycles. The summed E-state index contributed by atoms with van der Waals surface area (Å²) in [6.07, 6.45) is 3.04. The first-order valence-electron chi connectivity index (χ1n) is 8.07. The van der Waals surface area contributed by atoms with Crippen LogP contribution in [0.1, 0.15) is 17.0 Å². The van der Waals surface area contributed by atoms with Crippen LogP contribution in [0.5, 0.6) is 0 Å². The predicted octanol–water partition coefficient (Wildman–Crippen LogP) is 3.82. The van der Waals surface area contributed by atoms with Crippen molar-refractivity contribution < 1.29 is 9.53 Å². The first-order chi connectivity index (χ1) is 12.3. The number of aromatic nitrogens is 2. The van der Waals surface area contributed by atoms with Crippen molar-refractivity contribution in [2.24, 2.45) is 0 Å². The fourth-order valence-electron chi connectivity index (χ4n) is 2.37. The summed E-state index contributed by atoms with van der Waals surface area (Å²) in [6, 6.07) is 20.9. The molecule has 1 amide bonds. The van der Waals surface area contributed by atoms with Crippen molar-refractivity contribution in [1.82, 2.24) is 14.9 Å². The highest BCUT2D eigenvalue weighted by Gasteiger charge is 2.17. The molecule has 0 N–H and O–H groups in total. The molecule has 0 saturated heterocycles. The Morgan fingerprint density at radius 2 is 1.36 bits per heavy atom. The molecule has 0 aliphatic rings. The first-order valence-corrected chi connectivity index (χ1v) is 8.07. The van der Waals surface area contributed by atoms with Crippen LogP contribution in [0.4, 0.5) is 4.79 Å². The number of rotatable bonds is 6. The lowest BCUT2D eigenvalue weighted by Crippen LogP contribution is -2.31. The standard InChI is InChI=1S/C20H19N3O2/c24-20(25-16-17-8-2-1-3-9-17)23(14-18-10-4-6-12-21-18)15-19-11-5-7-13-22-19/h1-13H,14-16H2. The topological polar surface area (TPSA) is 55.3 Å². The lowest BCUT2D eigenvalue weighted by Gasteiger charge is -2.21. The minimum absolute atomic E-state index is 0.237. The minimum Gasteiger partial charge on any atom is -0.445 e. The smallest absolute Gasteiger partial charge is 0.410 e. The highest BCUT2D eigenvalue weighted by Crippen LogP contribution is 2.10. The first kappa shape index (κ1) is 16.6. The van der Waals surface area contributed by atoms with Crippen LogP contribution in [0.25, 0.3) is 0 Å². The van der Waals surface area contributed by atoms with Crippen LogP contribution >= 0.6 is 0 Å². The van der Waals surface area contributed by atoms with Crippen LogP contribution in [0.3, 0.4) is 0 Å². The largest absolute Gasteiger partial charge is 0.445 e. The van der Waals surface area contributed by atoms with Crippen LogP contribution in [-0.2, 0) is 24.4 Å². The van der Waals surface area contributed by atoms with Gasteiger partial charge in [-0.2, -0.15) is 0 Å². The van der Waals surface area contributed by atoms with Gasteiger partial charge < -0.3 is 4.74 Å². The van der Waals surface area contributed by atoms with E-state index >= 15 is 0 Å². The molecule has 2 heterocycles. The number of amides is 1. The van der Waals surface area contributed by atoms with Crippen molar-refractivity contribution in [3.05, 3.63) is 96.1 Å². The van der Waals surface area contributed by atoms with Gasteiger partial charge in [0, 0.05) is 12.4 Å². The molecule has 25 heavy (non-hydrogen) atoms. The SMILES string of the molecule is O=C(OCc1ccccc1)N(Cc1ccccn1)Cc1ccccn1. The highest BCUT2D eigenvalue weighted by molar-refractivity contribution is 5.67. The maximum atomic E-state index is 12.6. The number of nitrogens with zero attached hydrogens (tertiary/aromatic N) is 3. The maximum Gasteiger partial charge on any atom is 0.410 e. The number of hydrogen-bond donors (Lipinski definition) is 0. The molecule has 0 radical (unpaired) electrons. The van der Waals surface area contributed by atoms with E-state index in [4.69, 9.17) is 4.74 Å². The van der Waals surface area contributed by atoms with Crippen LogP contribution in [0.2, 0.25) is 0 Å². The second-order valence-electron chi connectivity index (χ2n) is 5.54. The summed E-state index contributed by atoms with van der Waals surface area (Å²) in [5, 5.41) is 0. The van der Waals surface area contributed by atoms with E-state index in [9.17, 15) is 4.79 Å². The molecule has 0 saturated carbocycles. The van der Waals surface area contributed by atoms with Crippen molar-refractivity contribution in [2.75, 3.05) is 0 Å².